The predicted molar refractivity (Wildman–Crippen MR) is 135 cm³/mol. The van der Waals surface area contributed by atoms with E-state index in [0.29, 0.717) is 59.4 Å². The molecule has 1 aromatic carbocycles. The fourth-order valence-electron chi connectivity index (χ4n) is 5.26. The van der Waals surface area contributed by atoms with E-state index in [1.165, 1.54) is 12.1 Å². The number of sulfone groups is 1. The molecule has 2 atom stereocenters. The summed E-state index contributed by atoms with van der Waals surface area (Å²) < 4.78 is 44.8. The number of piperidine rings is 1. The van der Waals surface area contributed by atoms with Gasteiger partial charge < -0.3 is 9.64 Å². The maximum absolute atomic E-state index is 13.9. The molecule has 0 N–H and O–H groups in total. The average molecular weight is 529 g/mol. The lowest BCUT2D eigenvalue weighted by Gasteiger charge is -2.31. The van der Waals surface area contributed by atoms with Crippen molar-refractivity contribution in [3.05, 3.63) is 47.4 Å². The van der Waals surface area contributed by atoms with E-state index in [-0.39, 0.29) is 48.5 Å². The number of amides is 1. The molecule has 0 saturated carbocycles. The predicted octanol–water partition coefficient (Wildman–Crippen LogP) is 3.32. The van der Waals surface area contributed by atoms with Crippen LogP contribution in [0.15, 0.2) is 30.3 Å². The van der Waals surface area contributed by atoms with Gasteiger partial charge in [-0.3, -0.25) is 9.59 Å². The van der Waals surface area contributed by atoms with Crippen LogP contribution in [-0.4, -0.2) is 71.2 Å². The molecule has 3 aromatic rings. The normalized spacial score (nSPS) is 21.3. The lowest BCUT2D eigenvalue weighted by atomic mass is 9.96. The summed E-state index contributed by atoms with van der Waals surface area (Å²) in [5.41, 5.74) is 2.43. The van der Waals surface area contributed by atoms with Crippen molar-refractivity contribution < 1.29 is 27.1 Å². The Morgan fingerprint density at radius 2 is 1.95 bits per heavy atom. The molecule has 0 aliphatic carbocycles. The zero-order valence-electron chi connectivity index (χ0n) is 20.8. The van der Waals surface area contributed by atoms with Crippen molar-refractivity contribution in [3.8, 4) is 11.3 Å². The Balaban J connectivity index is 1.61. The van der Waals surface area contributed by atoms with Crippen molar-refractivity contribution in [2.75, 3.05) is 31.2 Å². The SMILES string of the molecule is CCOC(=O)C1CCCN(C(=O)c2cc(-c3ccc(F)cc3)nc3c2c(C)nn3C2CCS(=O)(=O)C2)C1. The molecule has 1 amide bonds. The van der Waals surface area contributed by atoms with Crippen LogP contribution in [0, 0.1) is 18.7 Å². The summed E-state index contributed by atoms with van der Waals surface area (Å²) in [6.45, 7) is 4.56. The Bertz CT molecular complexity index is 1470. The molecule has 9 nitrogen and oxygen atoms in total. The number of carbonyl (C=O) groups is 2. The fourth-order valence-corrected chi connectivity index (χ4v) is 6.95. The quantitative estimate of drug-likeness (QED) is 0.467. The number of aryl methyl sites for hydroxylation is 1. The number of hydrogen-bond acceptors (Lipinski definition) is 7. The monoisotopic (exact) mass is 528 g/mol. The van der Waals surface area contributed by atoms with Gasteiger partial charge in [0.2, 0.25) is 0 Å². The molecule has 37 heavy (non-hydrogen) atoms. The van der Waals surface area contributed by atoms with E-state index in [4.69, 9.17) is 9.72 Å². The summed E-state index contributed by atoms with van der Waals surface area (Å²) in [5, 5.41) is 5.18. The van der Waals surface area contributed by atoms with Gasteiger partial charge in [-0.2, -0.15) is 5.10 Å². The maximum Gasteiger partial charge on any atom is 0.310 e. The number of benzene rings is 1. The van der Waals surface area contributed by atoms with Crippen LogP contribution in [0.25, 0.3) is 22.3 Å². The smallest absolute Gasteiger partial charge is 0.310 e. The number of esters is 1. The molecule has 2 saturated heterocycles. The number of pyridine rings is 1. The van der Waals surface area contributed by atoms with Gasteiger partial charge in [-0.1, -0.05) is 0 Å². The molecule has 2 aromatic heterocycles. The molecule has 5 rings (SSSR count). The van der Waals surface area contributed by atoms with Crippen LogP contribution in [0.4, 0.5) is 4.39 Å². The highest BCUT2D eigenvalue weighted by Gasteiger charge is 2.34. The highest BCUT2D eigenvalue weighted by Crippen LogP contribution is 2.33. The first-order chi connectivity index (χ1) is 17.7. The minimum absolute atomic E-state index is 0.0394. The van der Waals surface area contributed by atoms with Gasteiger partial charge in [-0.15, -0.1) is 0 Å². The molecule has 2 aliphatic heterocycles. The molecule has 11 heteroatoms. The lowest BCUT2D eigenvalue weighted by molar-refractivity contribution is -0.149. The zero-order valence-corrected chi connectivity index (χ0v) is 21.6. The lowest BCUT2D eigenvalue weighted by Crippen LogP contribution is -2.43. The molecule has 0 radical (unpaired) electrons. The molecule has 196 valence electrons. The molecular weight excluding hydrogens is 499 g/mol. The van der Waals surface area contributed by atoms with Crippen LogP contribution in [0.1, 0.15) is 48.3 Å². The van der Waals surface area contributed by atoms with Gasteiger partial charge in [-0.05, 0) is 63.4 Å². The number of carbonyl (C=O) groups excluding carboxylic acids is 2. The summed E-state index contributed by atoms with van der Waals surface area (Å²) >= 11 is 0. The van der Waals surface area contributed by atoms with Crippen LogP contribution in [-0.2, 0) is 19.4 Å². The minimum atomic E-state index is -3.18. The Kier molecular flexibility index (Phi) is 6.74. The summed E-state index contributed by atoms with van der Waals surface area (Å²) in [6.07, 6.45) is 1.74. The largest absolute Gasteiger partial charge is 0.466 e. The molecule has 0 bridgehead atoms. The van der Waals surface area contributed by atoms with Crippen molar-refractivity contribution >= 4 is 32.7 Å². The molecule has 0 spiro atoms. The van der Waals surface area contributed by atoms with Crippen LogP contribution in [0.5, 0.6) is 0 Å². The Labute approximate surface area is 214 Å². The summed E-state index contributed by atoms with van der Waals surface area (Å²) in [4.78, 5) is 32.7. The summed E-state index contributed by atoms with van der Waals surface area (Å²) in [7, 11) is -3.18. The summed E-state index contributed by atoms with van der Waals surface area (Å²) in [6, 6.07) is 7.11. The third-order valence-corrected chi connectivity index (χ3v) is 8.84. The van der Waals surface area contributed by atoms with Gasteiger partial charge in [0.05, 0.1) is 52.4 Å². The minimum Gasteiger partial charge on any atom is -0.466 e. The van der Waals surface area contributed by atoms with Gasteiger partial charge in [-0.25, -0.2) is 22.5 Å². The number of nitrogens with zero attached hydrogens (tertiary/aromatic N) is 4. The van der Waals surface area contributed by atoms with Crippen molar-refractivity contribution in [2.24, 2.45) is 5.92 Å². The maximum atomic E-state index is 13.9. The van der Waals surface area contributed by atoms with E-state index in [1.54, 1.807) is 41.6 Å². The average Bonchev–Trinajstić information content (AvgIpc) is 3.42. The van der Waals surface area contributed by atoms with Crippen molar-refractivity contribution in [3.63, 3.8) is 0 Å². The van der Waals surface area contributed by atoms with Gasteiger partial charge in [0.15, 0.2) is 15.5 Å². The number of hydrogen-bond donors (Lipinski definition) is 0. The number of rotatable bonds is 5. The molecule has 2 aliphatic rings. The molecule has 2 unspecified atom stereocenters. The zero-order chi connectivity index (χ0) is 26.3. The Morgan fingerprint density at radius 3 is 2.62 bits per heavy atom. The number of likely N-dealkylation sites (tertiary alicyclic amines) is 1. The highest BCUT2D eigenvalue weighted by atomic mass is 32.2. The Hall–Kier alpha value is -3.34. The third-order valence-electron chi connectivity index (χ3n) is 7.09. The molecular formula is C26H29FN4O5S. The van der Waals surface area contributed by atoms with Crippen LogP contribution in [0.2, 0.25) is 0 Å². The topological polar surface area (TPSA) is 111 Å². The number of halogens is 1. The van der Waals surface area contributed by atoms with E-state index in [2.05, 4.69) is 5.10 Å². The molecule has 2 fully saturated rings. The summed E-state index contributed by atoms with van der Waals surface area (Å²) in [5.74, 6) is -1.31. The first-order valence-corrected chi connectivity index (χ1v) is 14.3. The fraction of sp³-hybridized carbons (Fsp3) is 0.462. The van der Waals surface area contributed by atoms with Crippen molar-refractivity contribution in [1.29, 1.82) is 0 Å². The first kappa shape index (κ1) is 25.3. The standard InChI is InChI=1S/C26H29FN4O5S/c1-3-36-26(33)18-5-4-11-30(14-18)25(32)21-13-22(17-6-8-19(27)9-7-17)28-24-23(21)16(2)29-31(24)20-10-12-37(34,35)15-20/h6-9,13,18,20H,3-5,10-12,14-15H2,1-2H3. The van der Waals surface area contributed by atoms with Gasteiger partial charge in [0.1, 0.15) is 5.82 Å². The van der Waals surface area contributed by atoms with E-state index >= 15 is 0 Å². The van der Waals surface area contributed by atoms with E-state index < -0.39 is 15.7 Å². The van der Waals surface area contributed by atoms with Crippen molar-refractivity contribution in [1.82, 2.24) is 19.7 Å². The number of ether oxygens (including phenoxy) is 1. The van der Waals surface area contributed by atoms with Crippen LogP contribution in [0.3, 0.4) is 0 Å². The highest BCUT2D eigenvalue weighted by molar-refractivity contribution is 7.91. The van der Waals surface area contributed by atoms with Crippen LogP contribution >= 0.6 is 0 Å². The van der Waals surface area contributed by atoms with E-state index in [9.17, 15) is 22.4 Å². The van der Waals surface area contributed by atoms with E-state index in [1.807, 2.05) is 0 Å². The van der Waals surface area contributed by atoms with Crippen LogP contribution < -0.4 is 0 Å². The second-order valence-electron chi connectivity index (χ2n) is 9.69. The van der Waals surface area contributed by atoms with E-state index in [0.717, 1.165) is 0 Å². The van der Waals surface area contributed by atoms with Gasteiger partial charge in [0.25, 0.3) is 5.91 Å². The van der Waals surface area contributed by atoms with Gasteiger partial charge in [0, 0.05) is 18.7 Å². The second-order valence-corrected chi connectivity index (χ2v) is 11.9. The molecule has 4 heterocycles. The third kappa shape index (κ3) is 4.96. The number of fused-ring (bicyclic) bond motifs is 1. The number of aromatic nitrogens is 3. The first-order valence-electron chi connectivity index (χ1n) is 12.5. The second kappa shape index (κ2) is 9.85. The Morgan fingerprint density at radius 1 is 1.19 bits per heavy atom. The van der Waals surface area contributed by atoms with Crippen molar-refractivity contribution in [2.45, 2.75) is 39.2 Å². The van der Waals surface area contributed by atoms with Gasteiger partial charge >= 0.3 is 5.97 Å².